The van der Waals surface area contributed by atoms with Crippen LogP contribution in [-0.2, 0) is 0 Å². The molecule has 0 heterocycles. The van der Waals surface area contributed by atoms with Gasteiger partial charge in [-0.15, -0.1) is 0 Å². The quantitative estimate of drug-likeness (QED) is 0.597. The number of aryl methyl sites for hydroxylation is 1. The van der Waals surface area contributed by atoms with Crippen molar-refractivity contribution in [1.82, 2.24) is 0 Å². The van der Waals surface area contributed by atoms with Gasteiger partial charge in [-0.3, -0.25) is 0 Å². The molecule has 0 atom stereocenters. The molecule has 2 nitrogen and oxygen atoms in total. The van der Waals surface area contributed by atoms with Crippen LogP contribution in [-0.4, -0.2) is 5.97 Å². The molecule has 0 amide bonds. The third kappa shape index (κ3) is 3.03. The van der Waals surface area contributed by atoms with Crippen LogP contribution in [0.15, 0.2) is 42.5 Å². The van der Waals surface area contributed by atoms with Crippen LogP contribution >= 0.6 is 23.2 Å². The number of ether oxygens (including phenoxy) is 1. The summed E-state index contributed by atoms with van der Waals surface area (Å²) in [5.74, 6) is -0.0165. The Bertz CT molecular complexity index is 577. The molecule has 2 aromatic rings. The SMILES string of the molecule is Cc1ccc(OC(=O)c2ccc(Cl)cc2)cc1Cl. The van der Waals surface area contributed by atoms with E-state index in [2.05, 4.69) is 0 Å². The molecule has 0 radical (unpaired) electrons. The molecular weight excluding hydrogens is 271 g/mol. The van der Waals surface area contributed by atoms with E-state index in [1.807, 2.05) is 6.92 Å². The summed E-state index contributed by atoms with van der Waals surface area (Å²) in [5, 5.41) is 1.14. The number of rotatable bonds is 2. The van der Waals surface area contributed by atoms with Crippen molar-refractivity contribution in [2.45, 2.75) is 6.92 Å². The monoisotopic (exact) mass is 280 g/mol. The minimum atomic E-state index is -0.438. The zero-order chi connectivity index (χ0) is 13.1. The highest BCUT2D eigenvalue weighted by Gasteiger charge is 2.09. The Kier molecular flexibility index (Phi) is 3.90. The van der Waals surface area contributed by atoms with Gasteiger partial charge < -0.3 is 4.74 Å². The second-order valence-electron chi connectivity index (χ2n) is 3.81. The zero-order valence-corrected chi connectivity index (χ0v) is 11.1. The smallest absolute Gasteiger partial charge is 0.343 e. The molecule has 0 spiro atoms. The predicted molar refractivity (Wildman–Crippen MR) is 72.6 cm³/mol. The fourth-order valence-corrected chi connectivity index (χ4v) is 1.69. The van der Waals surface area contributed by atoms with Crippen LogP contribution in [0.3, 0.4) is 0 Å². The van der Waals surface area contributed by atoms with E-state index in [0.29, 0.717) is 21.4 Å². The molecule has 4 heteroatoms. The maximum absolute atomic E-state index is 11.8. The van der Waals surface area contributed by atoms with Gasteiger partial charge in [0.05, 0.1) is 5.56 Å². The molecule has 0 N–H and O–H groups in total. The first-order valence-electron chi connectivity index (χ1n) is 5.30. The average molecular weight is 281 g/mol. The Hall–Kier alpha value is -1.51. The van der Waals surface area contributed by atoms with Crippen LogP contribution in [0.5, 0.6) is 5.75 Å². The molecule has 18 heavy (non-hydrogen) atoms. The number of hydrogen-bond donors (Lipinski definition) is 0. The van der Waals surface area contributed by atoms with Crippen LogP contribution < -0.4 is 4.74 Å². The van der Waals surface area contributed by atoms with Gasteiger partial charge in [-0.1, -0.05) is 29.3 Å². The molecule has 0 saturated heterocycles. The maximum atomic E-state index is 11.8. The molecule has 0 unspecified atom stereocenters. The van der Waals surface area contributed by atoms with Gasteiger partial charge in [0, 0.05) is 10.0 Å². The van der Waals surface area contributed by atoms with E-state index in [1.165, 1.54) is 0 Å². The first kappa shape index (κ1) is 12.9. The van der Waals surface area contributed by atoms with Crippen molar-refractivity contribution in [2.75, 3.05) is 0 Å². The highest BCUT2D eigenvalue weighted by Crippen LogP contribution is 2.22. The molecule has 0 saturated carbocycles. The summed E-state index contributed by atoms with van der Waals surface area (Å²) < 4.78 is 5.21. The molecule has 2 aromatic carbocycles. The van der Waals surface area contributed by atoms with E-state index in [9.17, 15) is 4.79 Å². The molecule has 92 valence electrons. The van der Waals surface area contributed by atoms with Crippen molar-refractivity contribution in [3.05, 3.63) is 63.6 Å². The minimum absolute atomic E-state index is 0.422. The average Bonchev–Trinajstić information content (AvgIpc) is 2.34. The van der Waals surface area contributed by atoms with Gasteiger partial charge >= 0.3 is 5.97 Å². The van der Waals surface area contributed by atoms with Crippen LogP contribution in [0.4, 0.5) is 0 Å². The van der Waals surface area contributed by atoms with Gasteiger partial charge in [-0.05, 0) is 48.9 Å². The van der Waals surface area contributed by atoms with E-state index in [4.69, 9.17) is 27.9 Å². The number of carbonyl (C=O) groups excluding carboxylic acids is 1. The highest BCUT2D eigenvalue weighted by atomic mass is 35.5. The Labute approximate surface area is 115 Å². The maximum Gasteiger partial charge on any atom is 0.343 e. The number of benzene rings is 2. The molecule has 0 aliphatic carbocycles. The second-order valence-corrected chi connectivity index (χ2v) is 4.65. The normalized spacial score (nSPS) is 10.2. The fraction of sp³-hybridized carbons (Fsp3) is 0.0714. The molecular formula is C14H10Cl2O2. The third-order valence-electron chi connectivity index (χ3n) is 2.43. The lowest BCUT2D eigenvalue weighted by atomic mass is 10.2. The molecule has 0 aliphatic rings. The molecule has 2 rings (SSSR count). The summed E-state index contributed by atoms with van der Waals surface area (Å²) in [6, 6.07) is 11.6. The first-order valence-corrected chi connectivity index (χ1v) is 6.06. The summed E-state index contributed by atoms with van der Waals surface area (Å²) in [4.78, 5) is 11.8. The van der Waals surface area contributed by atoms with Gasteiger partial charge in [0.1, 0.15) is 5.75 Å². The Morgan fingerprint density at radius 3 is 2.33 bits per heavy atom. The second kappa shape index (κ2) is 5.42. The third-order valence-corrected chi connectivity index (χ3v) is 3.09. The predicted octanol–water partition coefficient (Wildman–Crippen LogP) is 4.52. The minimum Gasteiger partial charge on any atom is -0.423 e. The molecule has 0 bridgehead atoms. The molecule has 0 aliphatic heterocycles. The Morgan fingerprint density at radius 1 is 1.06 bits per heavy atom. The van der Waals surface area contributed by atoms with Crippen molar-refractivity contribution in [2.24, 2.45) is 0 Å². The zero-order valence-electron chi connectivity index (χ0n) is 9.61. The lowest BCUT2D eigenvalue weighted by Gasteiger charge is -2.06. The Morgan fingerprint density at radius 2 is 1.72 bits per heavy atom. The van der Waals surface area contributed by atoms with Crippen molar-refractivity contribution >= 4 is 29.2 Å². The van der Waals surface area contributed by atoms with Crippen molar-refractivity contribution in [3.63, 3.8) is 0 Å². The van der Waals surface area contributed by atoms with Crippen LogP contribution in [0, 0.1) is 6.92 Å². The van der Waals surface area contributed by atoms with E-state index in [-0.39, 0.29) is 0 Å². The van der Waals surface area contributed by atoms with Crippen molar-refractivity contribution in [1.29, 1.82) is 0 Å². The summed E-state index contributed by atoms with van der Waals surface area (Å²) in [5.41, 5.74) is 1.37. The van der Waals surface area contributed by atoms with Crippen molar-refractivity contribution in [3.8, 4) is 5.75 Å². The topological polar surface area (TPSA) is 26.3 Å². The number of halogens is 2. The summed E-state index contributed by atoms with van der Waals surface area (Å²) >= 11 is 11.7. The van der Waals surface area contributed by atoms with Crippen molar-refractivity contribution < 1.29 is 9.53 Å². The van der Waals surface area contributed by atoms with Gasteiger partial charge in [0.25, 0.3) is 0 Å². The van der Waals surface area contributed by atoms with Gasteiger partial charge in [-0.2, -0.15) is 0 Å². The molecule has 0 fully saturated rings. The fourth-order valence-electron chi connectivity index (χ4n) is 1.39. The van der Waals surface area contributed by atoms with Crippen LogP contribution in [0.2, 0.25) is 10.0 Å². The molecule has 0 aromatic heterocycles. The van der Waals surface area contributed by atoms with Crippen LogP contribution in [0.25, 0.3) is 0 Å². The lowest BCUT2D eigenvalue weighted by Crippen LogP contribution is -2.08. The number of esters is 1. The summed E-state index contributed by atoms with van der Waals surface area (Å²) in [6.07, 6.45) is 0. The number of carbonyl (C=O) groups is 1. The van der Waals surface area contributed by atoms with Gasteiger partial charge in [-0.25, -0.2) is 4.79 Å². The van der Waals surface area contributed by atoms with Gasteiger partial charge in [0.15, 0.2) is 0 Å². The summed E-state index contributed by atoms with van der Waals surface area (Å²) in [7, 11) is 0. The first-order chi connectivity index (χ1) is 8.56. The summed E-state index contributed by atoms with van der Waals surface area (Å²) in [6.45, 7) is 1.88. The number of hydrogen-bond acceptors (Lipinski definition) is 2. The van der Waals surface area contributed by atoms with Crippen LogP contribution in [0.1, 0.15) is 15.9 Å². The van der Waals surface area contributed by atoms with E-state index in [0.717, 1.165) is 5.56 Å². The van der Waals surface area contributed by atoms with Gasteiger partial charge in [0.2, 0.25) is 0 Å². The standard InChI is InChI=1S/C14H10Cl2O2/c1-9-2-7-12(8-13(9)16)18-14(17)10-3-5-11(15)6-4-10/h2-8H,1H3. The highest BCUT2D eigenvalue weighted by molar-refractivity contribution is 6.31. The van der Waals surface area contributed by atoms with E-state index < -0.39 is 5.97 Å². The van der Waals surface area contributed by atoms with E-state index in [1.54, 1.807) is 42.5 Å². The van der Waals surface area contributed by atoms with E-state index >= 15 is 0 Å². The lowest BCUT2D eigenvalue weighted by molar-refractivity contribution is 0.0735. The largest absolute Gasteiger partial charge is 0.423 e. The Balaban J connectivity index is 2.16.